The number of hydrogen-bond donors (Lipinski definition) is 0. The smallest absolute Gasteiger partial charge is 0.316 e. The average molecular weight is 484 g/mol. The average Bonchev–Trinajstić information content (AvgIpc) is 3.39. The Kier molecular flexibility index (Phi) is 6.30. The number of rotatable bonds is 6. The van der Waals surface area contributed by atoms with Crippen LogP contribution in [0.2, 0.25) is 0 Å². The highest BCUT2D eigenvalue weighted by molar-refractivity contribution is 7.98. The van der Waals surface area contributed by atoms with E-state index in [9.17, 15) is 21.6 Å². The molecule has 5 nitrogen and oxygen atoms in total. The Morgan fingerprint density at radius 2 is 1.72 bits per heavy atom. The number of thioether (sulfide) groups is 1. The summed E-state index contributed by atoms with van der Waals surface area (Å²) in [4.78, 5) is 4.91. The van der Waals surface area contributed by atoms with Gasteiger partial charge in [0.05, 0.1) is 21.5 Å². The topological polar surface area (TPSA) is 55.2 Å². The van der Waals surface area contributed by atoms with Gasteiger partial charge in [0.1, 0.15) is 0 Å². The summed E-state index contributed by atoms with van der Waals surface area (Å²) >= 11 is 1.42. The van der Waals surface area contributed by atoms with Crippen molar-refractivity contribution in [3.05, 3.63) is 53.6 Å². The van der Waals surface area contributed by atoms with Crippen molar-refractivity contribution in [3.63, 3.8) is 0 Å². The molecule has 0 saturated carbocycles. The molecule has 0 atom stereocenters. The Hall–Kier alpha value is -2.04. The van der Waals surface area contributed by atoms with E-state index in [0.29, 0.717) is 29.5 Å². The van der Waals surface area contributed by atoms with Gasteiger partial charge < -0.3 is 4.57 Å². The Bertz CT molecular complexity index is 1210. The summed E-state index contributed by atoms with van der Waals surface area (Å²) in [6.07, 6.45) is -2.62. The molecule has 0 N–H and O–H groups in total. The van der Waals surface area contributed by atoms with Gasteiger partial charge in [-0.05, 0) is 62.6 Å². The summed E-state index contributed by atoms with van der Waals surface area (Å²) in [5.41, 5.74) is 1.50. The van der Waals surface area contributed by atoms with Gasteiger partial charge in [-0.3, -0.25) is 0 Å². The van der Waals surface area contributed by atoms with Gasteiger partial charge in [0.25, 0.3) is 0 Å². The molecular formula is C22H24F3N3O2S2. The van der Waals surface area contributed by atoms with Gasteiger partial charge in [0.2, 0.25) is 10.0 Å². The van der Waals surface area contributed by atoms with Crippen molar-refractivity contribution in [1.82, 2.24) is 13.9 Å². The molecule has 1 fully saturated rings. The highest BCUT2D eigenvalue weighted by atomic mass is 32.2. The molecule has 0 amide bonds. The molecule has 0 radical (unpaired) electrons. The molecule has 3 aromatic rings. The highest BCUT2D eigenvalue weighted by Crippen LogP contribution is 2.33. The number of halogens is 3. The Balaban J connectivity index is 1.62. The molecule has 1 aromatic heterocycles. The van der Waals surface area contributed by atoms with Crippen molar-refractivity contribution in [3.8, 4) is 0 Å². The van der Waals surface area contributed by atoms with Crippen molar-refractivity contribution in [2.24, 2.45) is 0 Å². The molecule has 4 rings (SSSR count). The van der Waals surface area contributed by atoms with Crippen LogP contribution >= 0.6 is 11.8 Å². The highest BCUT2D eigenvalue weighted by Gasteiger charge is 2.30. The first kappa shape index (κ1) is 23.1. The standard InChI is InChI=1S/C22H24F3N3O2S2/c1-15(2)28-20-10-9-18(32(29,30)27-11-3-4-12-27)13-19(20)26-21(28)31-14-16-5-7-17(8-6-16)22(23,24)25/h5-10,13,15H,3-4,11-12,14H2,1-2H3. The SMILES string of the molecule is CC(C)n1c(SCc2ccc(C(F)(F)F)cc2)nc2cc(S(=O)(=O)N3CCCC3)ccc21. The lowest BCUT2D eigenvalue weighted by atomic mass is 10.1. The quantitative estimate of drug-likeness (QED) is 0.421. The maximum Gasteiger partial charge on any atom is 0.416 e. The summed E-state index contributed by atoms with van der Waals surface area (Å²) in [5.74, 6) is 0.452. The molecule has 10 heteroatoms. The van der Waals surface area contributed by atoms with Crippen LogP contribution in [-0.4, -0.2) is 35.4 Å². The molecule has 1 saturated heterocycles. The molecule has 172 valence electrons. The Morgan fingerprint density at radius 1 is 1.06 bits per heavy atom. The van der Waals surface area contributed by atoms with E-state index in [0.717, 1.165) is 36.1 Å². The van der Waals surface area contributed by atoms with Crippen molar-refractivity contribution in [2.45, 2.75) is 54.7 Å². The molecule has 1 aliphatic rings. The number of imidazole rings is 1. The zero-order chi connectivity index (χ0) is 23.1. The van der Waals surface area contributed by atoms with Crippen LogP contribution in [0, 0.1) is 0 Å². The third-order valence-corrected chi connectivity index (χ3v) is 8.42. The van der Waals surface area contributed by atoms with Crippen LogP contribution < -0.4 is 0 Å². The Labute approximate surface area is 189 Å². The predicted octanol–water partition coefficient (Wildman–Crippen LogP) is 5.71. The summed E-state index contributed by atoms with van der Waals surface area (Å²) in [5, 5.41) is 0.700. The number of nitrogens with zero attached hydrogens (tertiary/aromatic N) is 3. The van der Waals surface area contributed by atoms with Crippen LogP contribution in [0.15, 0.2) is 52.5 Å². The van der Waals surface area contributed by atoms with E-state index in [2.05, 4.69) is 4.98 Å². The fourth-order valence-electron chi connectivity index (χ4n) is 3.83. The van der Waals surface area contributed by atoms with Gasteiger partial charge in [0, 0.05) is 24.9 Å². The summed E-state index contributed by atoms with van der Waals surface area (Å²) in [7, 11) is -3.54. The second kappa shape index (κ2) is 8.72. The largest absolute Gasteiger partial charge is 0.416 e. The van der Waals surface area contributed by atoms with E-state index in [1.54, 1.807) is 18.2 Å². The third-order valence-electron chi connectivity index (χ3n) is 5.50. The predicted molar refractivity (Wildman–Crippen MR) is 119 cm³/mol. The minimum absolute atomic E-state index is 0.0798. The van der Waals surface area contributed by atoms with Crippen molar-refractivity contribution in [2.75, 3.05) is 13.1 Å². The minimum atomic E-state index is -4.36. The maximum absolute atomic E-state index is 12.9. The number of hydrogen-bond acceptors (Lipinski definition) is 4. The molecule has 0 bridgehead atoms. The number of sulfonamides is 1. The second-order valence-electron chi connectivity index (χ2n) is 8.10. The molecule has 0 unspecified atom stereocenters. The first-order valence-electron chi connectivity index (χ1n) is 10.4. The second-order valence-corrected chi connectivity index (χ2v) is 11.0. The molecule has 2 aromatic carbocycles. The first-order chi connectivity index (χ1) is 15.1. The van der Waals surface area contributed by atoms with Gasteiger partial charge in [-0.2, -0.15) is 17.5 Å². The normalized spacial score (nSPS) is 15.8. The van der Waals surface area contributed by atoms with Gasteiger partial charge in [0.15, 0.2) is 5.16 Å². The third kappa shape index (κ3) is 4.53. The van der Waals surface area contributed by atoms with Crippen LogP contribution in [0.4, 0.5) is 13.2 Å². The summed E-state index contributed by atoms with van der Waals surface area (Å²) < 4.78 is 67.7. The van der Waals surface area contributed by atoms with E-state index in [1.165, 1.54) is 28.2 Å². The van der Waals surface area contributed by atoms with Gasteiger partial charge in [-0.25, -0.2) is 13.4 Å². The van der Waals surface area contributed by atoms with E-state index >= 15 is 0 Å². The lowest BCUT2D eigenvalue weighted by molar-refractivity contribution is -0.137. The van der Waals surface area contributed by atoms with E-state index in [1.807, 2.05) is 18.4 Å². The van der Waals surface area contributed by atoms with Crippen LogP contribution in [0.1, 0.15) is 43.9 Å². The monoisotopic (exact) mass is 483 g/mol. The maximum atomic E-state index is 12.9. The van der Waals surface area contributed by atoms with Crippen LogP contribution in [0.5, 0.6) is 0 Å². The number of benzene rings is 2. The fraction of sp³-hybridized carbons (Fsp3) is 0.409. The molecular weight excluding hydrogens is 459 g/mol. The van der Waals surface area contributed by atoms with E-state index < -0.39 is 21.8 Å². The van der Waals surface area contributed by atoms with Crippen LogP contribution in [0.3, 0.4) is 0 Å². The Morgan fingerprint density at radius 3 is 2.31 bits per heavy atom. The van der Waals surface area contributed by atoms with Crippen molar-refractivity contribution >= 4 is 32.8 Å². The van der Waals surface area contributed by atoms with E-state index in [4.69, 9.17) is 0 Å². The number of alkyl halides is 3. The zero-order valence-corrected chi connectivity index (χ0v) is 19.4. The van der Waals surface area contributed by atoms with Gasteiger partial charge in [-0.15, -0.1) is 0 Å². The lowest BCUT2D eigenvalue weighted by Crippen LogP contribution is -2.27. The fourth-order valence-corrected chi connectivity index (χ4v) is 6.47. The molecule has 1 aliphatic heterocycles. The minimum Gasteiger partial charge on any atom is -0.316 e. The summed E-state index contributed by atoms with van der Waals surface area (Å²) in [6.45, 7) is 5.10. The number of aromatic nitrogens is 2. The molecule has 2 heterocycles. The van der Waals surface area contributed by atoms with Crippen LogP contribution in [-0.2, 0) is 22.0 Å². The van der Waals surface area contributed by atoms with E-state index in [-0.39, 0.29) is 10.9 Å². The molecule has 32 heavy (non-hydrogen) atoms. The van der Waals surface area contributed by atoms with Crippen molar-refractivity contribution < 1.29 is 21.6 Å². The lowest BCUT2D eigenvalue weighted by Gasteiger charge is -2.16. The van der Waals surface area contributed by atoms with Crippen molar-refractivity contribution in [1.29, 1.82) is 0 Å². The molecule has 0 aliphatic carbocycles. The van der Waals surface area contributed by atoms with Gasteiger partial charge >= 0.3 is 6.18 Å². The summed E-state index contributed by atoms with van der Waals surface area (Å²) in [6, 6.07) is 10.2. The van der Waals surface area contributed by atoms with Gasteiger partial charge in [-0.1, -0.05) is 23.9 Å². The first-order valence-corrected chi connectivity index (χ1v) is 12.8. The zero-order valence-electron chi connectivity index (χ0n) is 17.8. The number of fused-ring (bicyclic) bond motifs is 1. The molecule has 0 spiro atoms. The van der Waals surface area contributed by atoms with Crippen LogP contribution in [0.25, 0.3) is 11.0 Å².